The maximum absolute atomic E-state index is 12.7. The third-order valence-electron chi connectivity index (χ3n) is 4.76. The van der Waals surface area contributed by atoms with Gasteiger partial charge >= 0.3 is 0 Å². The van der Waals surface area contributed by atoms with Gasteiger partial charge in [-0.25, -0.2) is 4.98 Å². The Morgan fingerprint density at radius 2 is 1.93 bits per heavy atom. The van der Waals surface area contributed by atoms with E-state index in [4.69, 9.17) is 16.1 Å². The van der Waals surface area contributed by atoms with Crippen LogP contribution >= 0.6 is 23.4 Å². The minimum Gasteiger partial charge on any atom is -0.349 e. The van der Waals surface area contributed by atoms with E-state index < -0.39 is 0 Å². The summed E-state index contributed by atoms with van der Waals surface area (Å²) in [5.41, 5.74) is 2.26. The van der Waals surface area contributed by atoms with Crippen molar-refractivity contribution in [3.05, 3.63) is 71.1 Å². The second kappa shape index (κ2) is 8.08. The molecule has 2 aromatic carbocycles. The summed E-state index contributed by atoms with van der Waals surface area (Å²) in [6, 6.07) is 17.1. The number of aromatic nitrogens is 3. The molecule has 1 fully saturated rings. The van der Waals surface area contributed by atoms with Crippen LogP contribution in [0, 0.1) is 0 Å². The molecule has 1 amide bonds. The number of para-hydroxylation sites is 1. The van der Waals surface area contributed by atoms with Gasteiger partial charge in [0.1, 0.15) is 0 Å². The molecule has 5 rings (SSSR count). The van der Waals surface area contributed by atoms with Gasteiger partial charge in [-0.15, -0.1) is 0 Å². The molecule has 0 unspecified atom stereocenters. The molecule has 4 aromatic rings. The van der Waals surface area contributed by atoms with Crippen molar-refractivity contribution in [2.75, 3.05) is 0 Å². The number of halogens is 1. The van der Waals surface area contributed by atoms with Crippen LogP contribution in [0.25, 0.3) is 22.3 Å². The van der Waals surface area contributed by atoms with Crippen LogP contribution in [0.1, 0.15) is 29.1 Å². The first-order chi connectivity index (χ1) is 14.7. The minimum absolute atomic E-state index is 0.0548. The van der Waals surface area contributed by atoms with Crippen LogP contribution in [0.15, 0.2) is 64.1 Å². The first kappa shape index (κ1) is 19.1. The first-order valence-electron chi connectivity index (χ1n) is 9.58. The van der Waals surface area contributed by atoms with Gasteiger partial charge in [0.05, 0.1) is 21.9 Å². The Kier molecular flexibility index (Phi) is 5.14. The van der Waals surface area contributed by atoms with E-state index in [0.717, 1.165) is 34.3 Å². The fourth-order valence-electron chi connectivity index (χ4n) is 3.07. The molecular formula is C22H17ClN4O2S. The van der Waals surface area contributed by atoms with Crippen molar-refractivity contribution in [1.82, 2.24) is 20.4 Å². The van der Waals surface area contributed by atoms with E-state index in [0.29, 0.717) is 34.1 Å². The lowest BCUT2D eigenvalue weighted by molar-refractivity contribution is 0.0952. The molecule has 0 atom stereocenters. The summed E-state index contributed by atoms with van der Waals surface area (Å²) in [7, 11) is 0. The fraction of sp³-hybridized carbons (Fsp3) is 0.182. The van der Waals surface area contributed by atoms with Gasteiger partial charge in [-0.1, -0.05) is 46.7 Å². The number of amides is 1. The van der Waals surface area contributed by atoms with Crippen molar-refractivity contribution in [3.63, 3.8) is 0 Å². The van der Waals surface area contributed by atoms with Gasteiger partial charge < -0.3 is 9.84 Å². The van der Waals surface area contributed by atoms with Crippen molar-refractivity contribution >= 4 is 40.2 Å². The Labute approximate surface area is 182 Å². The molecule has 0 spiro atoms. The molecule has 150 valence electrons. The van der Waals surface area contributed by atoms with E-state index in [2.05, 4.69) is 20.4 Å². The summed E-state index contributed by atoms with van der Waals surface area (Å²) in [6.07, 6.45) is 2.09. The van der Waals surface area contributed by atoms with Crippen LogP contribution in [-0.4, -0.2) is 27.1 Å². The smallest absolute Gasteiger partial charge is 0.252 e. The summed E-state index contributed by atoms with van der Waals surface area (Å²) >= 11 is 7.38. The molecule has 30 heavy (non-hydrogen) atoms. The van der Waals surface area contributed by atoms with Gasteiger partial charge in [-0.3, -0.25) is 4.79 Å². The van der Waals surface area contributed by atoms with E-state index in [1.54, 1.807) is 12.1 Å². The SMILES string of the molecule is O=C(NC1CC1)c1cc(SCc2nc(-c3ccc(Cl)cc3)no2)nc2ccccc12. The van der Waals surface area contributed by atoms with E-state index in [1.165, 1.54) is 11.8 Å². The van der Waals surface area contributed by atoms with E-state index in [9.17, 15) is 4.79 Å². The number of nitrogens with one attached hydrogen (secondary N) is 1. The van der Waals surface area contributed by atoms with E-state index in [1.807, 2.05) is 42.5 Å². The van der Waals surface area contributed by atoms with Gasteiger partial charge in [-0.2, -0.15) is 4.98 Å². The molecule has 0 aliphatic heterocycles. The van der Waals surface area contributed by atoms with Gasteiger partial charge in [0.15, 0.2) is 0 Å². The number of hydrogen-bond donors (Lipinski definition) is 1. The molecular weight excluding hydrogens is 420 g/mol. The first-order valence-corrected chi connectivity index (χ1v) is 10.9. The van der Waals surface area contributed by atoms with E-state index >= 15 is 0 Å². The largest absolute Gasteiger partial charge is 0.349 e. The molecule has 1 aliphatic rings. The van der Waals surface area contributed by atoms with Crippen molar-refractivity contribution in [2.45, 2.75) is 29.7 Å². The van der Waals surface area contributed by atoms with Crippen LogP contribution in [0.5, 0.6) is 0 Å². The van der Waals surface area contributed by atoms with Crippen LogP contribution in [0.4, 0.5) is 0 Å². The van der Waals surface area contributed by atoms with Gasteiger partial charge in [-0.05, 0) is 49.2 Å². The molecule has 1 N–H and O–H groups in total. The monoisotopic (exact) mass is 436 g/mol. The van der Waals surface area contributed by atoms with Crippen molar-refractivity contribution < 1.29 is 9.32 Å². The Hall–Kier alpha value is -2.90. The highest BCUT2D eigenvalue weighted by atomic mass is 35.5. The predicted octanol–water partition coefficient (Wildman–Crippen LogP) is 5.12. The average molecular weight is 437 g/mol. The zero-order chi connectivity index (χ0) is 20.5. The average Bonchev–Trinajstić information content (AvgIpc) is 3.45. The van der Waals surface area contributed by atoms with Crippen LogP contribution < -0.4 is 5.32 Å². The molecule has 0 radical (unpaired) electrons. The second-order valence-corrected chi connectivity index (χ2v) is 8.51. The van der Waals surface area contributed by atoms with Crippen LogP contribution in [0.2, 0.25) is 5.02 Å². The third-order valence-corrected chi connectivity index (χ3v) is 5.91. The number of fused-ring (bicyclic) bond motifs is 1. The highest BCUT2D eigenvalue weighted by Gasteiger charge is 2.25. The predicted molar refractivity (Wildman–Crippen MR) is 117 cm³/mol. The Morgan fingerprint density at radius 1 is 1.13 bits per heavy atom. The molecule has 2 aromatic heterocycles. The number of thioether (sulfide) groups is 1. The minimum atomic E-state index is -0.0548. The van der Waals surface area contributed by atoms with Crippen molar-refractivity contribution in [3.8, 4) is 11.4 Å². The van der Waals surface area contributed by atoms with Crippen molar-refractivity contribution in [2.24, 2.45) is 0 Å². The lowest BCUT2D eigenvalue weighted by Crippen LogP contribution is -2.25. The Balaban J connectivity index is 1.36. The number of benzene rings is 2. The summed E-state index contributed by atoms with van der Waals surface area (Å²) in [5.74, 6) is 1.40. The molecule has 6 nitrogen and oxygen atoms in total. The molecule has 0 bridgehead atoms. The molecule has 1 aliphatic carbocycles. The third kappa shape index (κ3) is 4.17. The zero-order valence-electron chi connectivity index (χ0n) is 15.8. The van der Waals surface area contributed by atoms with E-state index in [-0.39, 0.29) is 5.91 Å². The van der Waals surface area contributed by atoms with Gasteiger partial charge in [0.2, 0.25) is 11.7 Å². The number of carbonyl (C=O) groups excluding carboxylic acids is 1. The number of nitrogens with zero attached hydrogens (tertiary/aromatic N) is 3. The number of pyridine rings is 1. The standard InChI is InChI=1S/C22H17ClN4O2S/c23-14-7-5-13(6-8-14)21-26-19(29-27-21)12-30-20-11-17(22(28)24-15-9-10-15)16-3-1-2-4-18(16)25-20/h1-8,11,15H,9-10,12H2,(H,24,28). The normalized spacial score (nSPS) is 13.5. The summed E-state index contributed by atoms with van der Waals surface area (Å²) in [6.45, 7) is 0. The fourth-order valence-corrected chi connectivity index (χ4v) is 3.95. The molecule has 0 saturated heterocycles. The number of rotatable bonds is 6. The summed E-state index contributed by atoms with van der Waals surface area (Å²) in [5, 5.41) is 9.34. The molecule has 2 heterocycles. The maximum Gasteiger partial charge on any atom is 0.252 e. The zero-order valence-corrected chi connectivity index (χ0v) is 17.4. The van der Waals surface area contributed by atoms with Crippen LogP contribution in [-0.2, 0) is 5.75 Å². The highest BCUT2D eigenvalue weighted by molar-refractivity contribution is 7.98. The molecule has 1 saturated carbocycles. The van der Waals surface area contributed by atoms with Gasteiger partial charge in [0.25, 0.3) is 5.91 Å². The topological polar surface area (TPSA) is 80.9 Å². The summed E-state index contributed by atoms with van der Waals surface area (Å²) in [4.78, 5) is 21.8. The lowest BCUT2D eigenvalue weighted by atomic mass is 10.1. The van der Waals surface area contributed by atoms with Crippen LogP contribution in [0.3, 0.4) is 0 Å². The Morgan fingerprint density at radius 3 is 2.73 bits per heavy atom. The maximum atomic E-state index is 12.7. The Bertz CT molecular complexity index is 1220. The highest BCUT2D eigenvalue weighted by Crippen LogP contribution is 2.28. The van der Waals surface area contributed by atoms with Crippen molar-refractivity contribution in [1.29, 1.82) is 0 Å². The lowest BCUT2D eigenvalue weighted by Gasteiger charge is -2.09. The molecule has 8 heteroatoms. The number of hydrogen-bond acceptors (Lipinski definition) is 6. The number of carbonyl (C=O) groups is 1. The second-order valence-electron chi connectivity index (χ2n) is 7.08. The van der Waals surface area contributed by atoms with Gasteiger partial charge in [0, 0.05) is 22.0 Å². The summed E-state index contributed by atoms with van der Waals surface area (Å²) < 4.78 is 5.38. The quantitative estimate of drug-likeness (QED) is 0.422.